The van der Waals surface area contributed by atoms with Crippen molar-refractivity contribution in [2.24, 2.45) is 10.9 Å². The Labute approximate surface area is 214 Å². The molecule has 4 rings (SSSR count). The first-order valence-corrected chi connectivity index (χ1v) is 11.7. The van der Waals surface area contributed by atoms with Crippen molar-refractivity contribution in [2.75, 3.05) is 57.8 Å². The van der Waals surface area contributed by atoms with Crippen LogP contribution < -0.4 is 10.2 Å². The summed E-state index contributed by atoms with van der Waals surface area (Å²) in [5.41, 5.74) is 1.39. The predicted octanol–water partition coefficient (Wildman–Crippen LogP) is 2.88. The lowest BCUT2D eigenvalue weighted by Gasteiger charge is -2.37. The summed E-state index contributed by atoms with van der Waals surface area (Å²) in [6.07, 6.45) is 5.09. The number of anilines is 1. The standard InChI is InChI=1S/C25H34N6O.HI/c1-26-25(31-17-15-29(16-18-31)23-9-5-6-12-27-23)28-20-24(32)30-13-10-22(11-14-30)19-21-7-3-2-4-8-21;/h2-9,12,22H,10-11,13-20H2,1H3,(H,26,28);1H. The molecule has 1 amide bonds. The van der Waals surface area contributed by atoms with Gasteiger partial charge in [0, 0.05) is 52.5 Å². The second-order valence-electron chi connectivity index (χ2n) is 8.58. The number of piperazine rings is 1. The summed E-state index contributed by atoms with van der Waals surface area (Å²) >= 11 is 0. The molecular weight excluding hydrogens is 527 g/mol. The molecular formula is C25H35IN6O. The molecule has 1 aromatic carbocycles. The summed E-state index contributed by atoms with van der Waals surface area (Å²) in [7, 11) is 1.78. The van der Waals surface area contributed by atoms with Crippen molar-refractivity contribution >= 4 is 41.7 Å². The minimum atomic E-state index is 0. The number of nitrogens with one attached hydrogen (secondary N) is 1. The molecule has 2 aliphatic rings. The zero-order chi connectivity index (χ0) is 22.2. The number of rotatable bonds is 5. The van der Waals surface area contributed by atoms with Crippen LogP contribution >= 0.6 is 24.0 Å². The summed E-state index contributed by atoms with van der Waals surface area (Å²) in [6.45, 7) is 5.49. The lowest BCUT2D eigenvalue weighted by molar-refractivity contribution is -0.131. The van der Waals surface area contributed by atoms with Gasteiger partial charge in [-0.3, -0.25) is 9.79 Å². The van der Waals surface area contributed by atoms with Crippen LogP contribution in [0.5, 0.6) is 0 Å². The van der Waals surface area contributed by atoms with E-state index < -0.39 is 0 Å². The molecule has 1 aromatic heterocycles. The fourth-order valence-corrected chi connectivity index (χ4v) is 4.62. The number of halogens is 1. The van der Waals surface area contributed by atoms with E-state index in [-0.39, 0.29) is 29.9 Å². The molecule has 0 bridgehead atoms. The number of hydrogen-bond donors (Lipinski definition) is 1. The second kappa shape index (κ2) is 12.8. The molecule has 8 heteroatoms. The highest BCUT2D eigenvalue weighted by Gasteiger charge is 2.24. The minimum Gasteiger partial charge on any atom is -0.353 e. The summed E-state index contributed by atoms with van der Waals surface area (Å²) in [5.74, 6) is 2.65. The van der Waals surface area contributed by atoms with E-state index in [4.69, 9.17) is 0 Å². The number of guanidine groups is 1. The topological polar surface area (TPSA) is 64.1 Å². The third-order valence-electron chi connectivity index (χ3n) is 6.50. The highest BCUT2D eigenvalue weighted by Crippen LogP contribution is 2.21. The van der Waals surface area contributed by atoms with Gasteiger partial charge in [-0.05, 0) is 42.9 Å². The molecule has 1 N–H and O–H groups in total. The predicted molar refractivity (Wildman–Crippen MR) is 144 cm³/mol. The number of likely N-dealkylation sites (tertiary alicyclic amines) is 1. The Hall–Kier alpha value is -2.36. The summed E-state index contributed by atoms with van der Waals surface area (Å²) in [4.78, 5) is 28.1. The van der Waals surface area contributed by atoms with E-state index in [1.54, 1.807) is 7.05 Å². The maximum absolute atomic E-state index is 12.8. The number of piperidine rings is 1. The first-order valence-electron chi connectivity index (χ1n) is 11.7. The fraction of sp³-hybridized carbons (Fsp3) is 0.480. The number of benzene rings is 1. The molecule has 0 aliphatic carbocycles. The largest absolute Gasteiger partial charge is 0.353 e. The Balaban J connectivity index is 0.00000306. The number of carbonyl (C=O) groups excluding carboxylic acids is 1. The third kappa shape index (κ3) is 7.06. The van der Waals surface area contributed by atoms with Crippen molar-refractivity contribution in [2.45, 2.75) is 19.3 Å². The Bertz CT molecular complexity index is 878. The zero-order valence-electron chi connectivity index (χ0n) is 19.4. The minimum absolute atomic E-state index is 0. The fourth-order valence-electron chi connectivity index (χ4n) is 4.62. The van der Waals surface area contributed by atoms with Crippen LogP contribution in [0.2, 0.25) is 0 Å². The van der Waals surface area contributed by atoms with Crippen LogP contribution in [0.1, 0.15) is 18.4 Å². The molecule has 2 saturated heterocycles. The molecule has 0 unspecified atom stereocenters. The highest BCUT2D eigenvalue weighted by molar-refractivity contribution is 14.0. The molecule has 3 heterocycles. The maximum atomic E-state index is 12.8. The Kier molecular flexibility index (Phi) is 9.77. The van der Waals surface area contributed by atoms with Gasteiger partial charge in [-0.2, -0.15) is 0 Å². The number of aliphatic imine (C=N–C) groups is 1. The van der Waals surface area contributed by atoms with Crippen LogP contribution in [-0.2, 0) is 11.2 Å². The summed E-state index contributed by atoms with van der Waals surface area (Å²) in [5, 5.41) is 3.29. The number of amides is 1. The van der Waals surface area contributed by atoms with E-state index >= 15 is 0 Å². The number of aromatic nitrogens is 1. The first-order chi connectivity index (χ1) is 15.7. The quantitative estimate of drug-likeness (QED) is 0.345. The van der Waals surface area contributed by atoms with Crippen molar-refractivity contribution in [3.05, 3.63) is 60.3 Å². The average Bonchev–Trinajstić information content (AvgIpc) is 2.86. The Morgan fingerprint density at radius 1 is 0.970 bits per heavy atom. The monoisotopic (exact) mass is 562 g/mol. The van der Waals surface area contributed by atoms with Crippen molar-refractivity contribution in [1.82, 2.24) is 20.1 Å². The van der Waals surface area contributed by atoms with Crippen molar-refractivity contribution in [3.63, 3.8) is 0 Å². The Morgan fingerprint density at radius 2 is 1.67 bits per heavy atom. The van der Waals surface area contributed by atoms with Gasteiger partial charge in [0.2, 0.25) is 5.91 Å². The Morgan fingerprint density at radius 3 is 2.30 bits per heavy atom. The molecule has 0 atom stereocenters. The van der Waals surface area contributed by atoms with Crippen LogP contribution in [0.15, 0.2) is 59.7 Å². The lowest BCUT2D eigenvalue weighted by atomic mass is 9.90. The van der Waals surface area contributed by atoms with Gasteiger partial charge >= 0.3 is 0 Å². The van der Waals surface area contributed by atoms with Crippen LogP contribution in [-0.4, -0.2) is 79.5 Å². The zero-order valence-corrected chi connectivity index (χ0v) is 21.7. The van der Waals surface area contributed by atoms with E-state index in [0.717, 1.165) is 70.3 Å². The molecule has 2 fully saturated rings. The number of nitrogens with zero attached hydrogens (tertiary/aromatic N) is 5. The summed E-state index contributed by atoms with van der Waals surface area (Å²) < 4.78 is 0. The van der Waals surface area contributed by atoms with E-state index in [9.17, 15) is 4.79 Å². The van der Waals surface area contributed by atoms with Gasteiger partial charge in [-0.25, -0.2) is 4.98 Å². The molecule has 0 radical (unpaired) electrons. The highest BCUT2D eigenvalue weighted by atomic mass is 127. The van der Waals surface area contributed by atoms with Gasteiger partial charge in [0.15, 0.2) is 5.96 Å². The molecule has 178 valence electrons. The molecule has 2 aromatic rings. The van der Waals surface area contributed by atoms with Crippen LogP contribution in [0.3, 0.4) is 0 Å². The molecule has 2 aliphatic heterocycles. The van der Waals surface area contributed by atoms with Crippen LogP contribution in [0.25, 0.3) is 0 Å². The van der Waals surface area contributed by atoms with E-state index in [2.05, 4.69) is 55.4 Å². The van der Waals surface area contributed by atoms with E-state index in [0.29, 0.717) is 12.5 Å². The number of pyridine rings is 1. The maximum Gasteiger partial charge on any atom is 0.241 e. The smallest absolute Gasteiger partial charge is 0.241 e. The van der Waals surface area contributed by atoms with Gasteiger partial charge < -0.3 is 20.0 Å². The first kappa shape index (κ1) is 25.3. The van der Waals surface area contributed by atoms with Gasteiger partial charge in [0.25, 0.3) is 0 Å². The number of carbonyl (C=O) groups is 1. The van der Waals surface area contributed by atoms with Gasteiger partial charge in [0.1, 0.15) is 5.82 Å². The van der Waals surface area contributed by atoms with Crippen LogP contribution in [0, 0.1) is 5.92 Å². The molecule has 7 nitrogen and oxygen atoms in total. The SMILES string of the molecule is CN=C(NCC(=O)N1CCC(Cc2ccccc2)CC1)N1CCN(c2ccccn2)CC1.I. The van der Waals surface area contributed by atoms with Gasteiger partial charge in [-0.1, -0.05) is 36.4 Å². The third-order valence-corrected chi connectivity index (χ3v) is 6.50. The van der Waals surface area contributed by atoms with Gasteiger partial charge in [0.05, 0.1) is 6.54 Å². The molecule has 0 spiro atoms. The summed E-state index contributed by atoms with van der Waals surface area (Å²) in [6, 6.07) is 16.7. The lowest BCUT2D eigenvalue weighted by Crippen LogP contribution is -2.54. The van der Waals surface area contributed by atoms with Gasteiger partial charge in [-0.15, -0.1) is 24.0 Å². The van der Waals surface area contributed by atoms with Crippen LogP contribution in [0.4, 0.5) is 5.82 Å². The van der Waals surface area contributed by atoms with E-state index in [1.165, 1.54) is 5.56 Å². The normalized spacial score (nSPS) is 17.5. The number of hydrogen-bond acceptors (Lipinski definition) is 4. The van der Waals surface area contributed by atoms with Crippen molar-refractivity contribution in [3.8, 4) is 0 Å². The molecule has 33 heavy (non-hydrogen) atoms. The van der Waals surface area contributed by atoms with E-state index in [1.807, 2.05) is 29.3 Å². The average molecular weight is 563 g/mol. The van der Waals surface area contributed by atoms with Crippen molar-refractivity contribution < 1.29 is 4.79 Å². The van der Waals surface area contributed by atoms with Crippen molar-refractivity contribution in [1.29, 1.82) is 0 Å². The molecule has 0 saturated carbocycles. The second-order valence-corrected chi connectivity index (χ2v) is 8.58.